The van der Waals surface area contributed by atoms with Crippen LogP contribution in [-0.4, -0.2) is 4.40 Å². The summed E-state index contributed by atoms with van der Waals surface area (Å²) >= 11 is 0. The molecule has 0 radical (unpaired) electrons. The van der Waals surface area contributed by atoms with Crippen LogP contribution >= 0.6 is 0 Å². The number of nitrogens with zero attached hydrogens (tertiary/aromatic N) is 2. The first-order chi connectivity index (χ1) is 13.5. The molecule has 6 aromatic rings. The molecule has 136 valence electrons. The number of aryl methyl sites for hydroxylation is 5. The van der Waals surface area contributed by atoms with Crippen molar-refractivity contribution in [1.29, 1.82) is 0 Å². The van der Waals surface area contributed by atoms with Crippen LogP contribution in [0, 0.1) is 27.7 Å². The maximum absolute atomic E-state index is 2.53. The quantitative estimate of drug-likeness (QED) is 0.176. The third-order valence-electron chi connectivity index (χ3n) is 6.73. The van der Waals surface area contributed by atoms with Crippen molar-refractivity contribution >= 4 is 49.0 Å². The number of rotatable bonds is 0. The SMILES string of the molecule is Cc1cc(C)c2c(c1C)c1c3c(ccc4c5c(C)cccc5n2c43)cc[n+]1C. The van der Waals surface area contributed by atoms with Crippen molar-refractivity contribution in [2.75, 3.05) is 0 Å². The van der Waals surface area contributed by atoms with E-state index in [4.69, 9.17) is 0 Å². The molecule has 3 heterocycles. The standard InChI is InChI=1S/C26H23N2/c1-14-7-6-8-20-21(14)19-10-9-18-11-12-27(5)26-22-17(4)15(2)13-16(3)24(22)28(20)25(19)23(18)26/h6-13H,1-5H3/q+1. The Labute approximate surface area is 164 Å². The fourth-order valence-corrected chi connectivity index (χ4v) is 5.37. The summed E-state index contributed by atoms with van der Waals surface area (Å²) in [5.41, 5.74) is 10.8. The largest absolute Gasteiger partial charge is 0.307 e. The van der Waals surface area contributed by atoms with Gasteiger partial charge in [-0.05, 0) is 61.4 Å². The van der Waals surface area contributed by atoms with Crippen molar-refractivity contribution in [3.05, 3.63) is 70.9 Å². The number of pyridine rings is 2. The zero-order valence-corrected chi connectivity index (χ0v) is 17.0. The number of benzene rings is 3. The van der Waals surface area contributed by atoms with Gasteiger partial charge in [0.25, 0.3) is 0 Å². The van der Waals surface area contributed by atoms with Crippen LogP contribution in [0.2, 0.25) is 0 Å². The van der Waals surface area contributed by atoms with E-state index >= 15 is 0 Å². The van der Waals surface area contributed by atoms with E-state index < -0.39 is 0 Å². The van der Waals surface area contributed by atoms with Gasteiger partial charge in [0, 0.05) is 16.8 Å². The number of fused-ring (bicyclic) bond motifs is 6. The minimum atomic E-state index is 1.31. The van der Waals surface area contributed by atoms with Gasteiger partial charge >= 0.3 is 0 Å². The Morgan fingerprint density at radius 2 is 1.57 bits per heavy atom. The van der Waals surface area contributed by atoms with Gasteiger partial charge in [-0.15, -0.1) is 0 Å². The van der Waals surface area contributed by atoms with Gasteiger partial charge in [-0.3, -0.25) is 0 Å². The van der Waals surface area contributed by atoms with Crippen LogP contribution in [0.25, 0.3) is 49.0 Å². The minimum absolute atomic E-state index is 1.31. The Balaban J connectivity index is 2.18. The van der Waals surface area contributed by atoms with E-state index in [-0.39, 0.29) is 0 Å². The first-order valence-electron chi connectivity index (χ1n) is 9.95. The minimum Gasteiger partial charge on any atom is -0.307 e. The molecule has 0 N–H and O–H groups in total. The maximum atomic E-state index is 2.53. The number of hydrogen-bond donors (Lipinski definition) is 0. The first-order valence-corrected chi connectivity index (χ1v) is 9.95. The third-order valence-corrected chi connectivity index (χ3v) is 6.73. The topological polar surface area (TPSA) is 8.29 Å². The molecule has 0 bridgehead atoms. The lowest BCUT2D eigenvalue weighted by atomic mass is 9.95. The molecule has 2 nitrogen and oxygen atoms in total. The van der Waals surface area contributed by atoms with Crippen LogP contribution in [-0.2, 0) is 7.05 Å². The molecule has 0 aliphatic carbocycles. The van der Waals surface area contributed by atoms with Crippen LogP contribution in [0.15, 0.2) is 48.7 Å². The smallest absolute Gasteiger partial charge is 0.224 e. The molecule has 0 saturated heterocycles. The molecular formula is C26H23N2+. The van der Waals surface area contributed by atoms with Gasteiger partial charge < -0.3 is 4.40 Å². The molecule has 0 spiro atoms. The van der Waals surface area contributed by atoms with Crippen LogP contribution in [0.1, 0.15) is 22.3 Å². The van der Waals surface area contributed by atoms with E-state index in [2.05, 4.69) is 92.4 Å². The Bertz CT molecular complexity index is 1600. The molecule has 3 aromatic carbocycles. The van der Waals surface area contributed by atoms with Crippen LogP contribution < -0.4 is 4.57 Å². The third kappa shape index (κ3) is 1.67. The second-order valence-corrected chi connectivity index (χ2v) is 8.36. The highest BCUT2D eigenvalue weighted by Crippen LogP contribution is 2.42. The van der Waals surface area contributed by atoms with E-state index in [0.29, 0.717) is 0 Å². The predicted molar refractivity (Wildman–Crippen MR) is 119 cm³/mol. The molecule has 3 aromatic heterocycles. The van der Waals surface area contributed by atoms with E-state index in [1.165, 1.54) is 71.3 Å². The van der Waals surface area contributed by atoms with Crippen LogP contribution in [0.4, 0.5) is 0 Å². The van der Waals surface area contributed by atoms with Crippen molar-refractivity contribution < 1.29 is 4.57 Å². The van der Waals surface area contributed by atoms with Gasteiger partial charge in [0.05, 0.1) is 27.3 Å². The molecule has 0 fully saturated rings. The lowest BCUT2D eigenvalue weighted by molar-refractivity contribution is -0.643. The Kier molecular flexibility index (Phi) is 2.85. The monoisotopic (exact) mass is 363 g/mol. The van der Waals surface area contributed by atoms with Gasteiger partial charge in [-0.1, -0.05) is 30.3 Å². The number of aromatic nitrogens is 2. The van der Waals surface area contributed by atoms with E-state index in [1.54, 1.807) is 0 Å². The highest BCUT2D eigenvalue weighted by Gasteiger charge is 2.25. The highest BCUT2D eigenvalue weighted by molar-refractivity contribution is 6.27. The van der Waals surface area contributed by atoms with Crippen molar-refractivity contribution in [2.24, 2.45) is 7.05 Å². The molecule has 0 aliphatic heterocycles. The van der Waals surface area contributed by atoms with Crippen molar-refractivity contribution in [2.45, 2.75) is 27.7 Å². The second kappa shape index (κ2) is 5.02. The zero-order valence-electron chi connectivity index (χ0n) is 17.0. The average Bonchev–Trinajstić information content (AvgIpc) is 3.02. The van der Waals surface area contributed by atoms with Crippen molar-refractivity contribution in [1.82, 2.24) is 4.40 Å². The molecule has 0 aliphatic rings. The van der Waals surface area contributed by atoms with Crippen molar-refractivity contribution in [3.8, 4) is 0 Å². The van der Waals surface area contributed by atoms with Gasteiger partial charge in [-0.25, -0.2) is 4.57 Å². The van der Waals surface area contributed by atoms with Crippen molar-refractivity contribution in [3.63, 3.8) is 0 Å². The lowest BCUT2D eigenvalue weighted by Crippen LogP contribution is -2.29. The maximum Gasteiger partial charge on any atom is 0.224 e. The van der Waals surface area contributed by atoms with Gasteiger partial charge in [0.1, 0.15) is 7.05 Å². The Morgan fingerprint density at radius 1 is 0.750 bits per heavy atom. The van der Waals surface area contributed by atoms with Crippen LogP contribution in [0.3, 0.4) is 0 Å². The fourth-order valence-electron chi connectivity index (χ4n) is 5.37. The van der Waals surface area contributed by atoms with E-state index in [0.717, 1.165) is 0 Å². The summed E-state index contributed by atoms with van der Waals surface area (Å²) < 4.78 is 4.84. The molecule has 0 atom stereocenters. The summed E-state index contributed by atoms with van der Waals surface area (Å²) in [6, 6.07) is 15.9. The first kappa shape index (κ1) is 15.9. The predicted octanol–water partition coefficient (Wildman–Crippen LogP) is 6.05. The molecule has 2 heteroatoms. The van der Waals surface area contributed by atoms with Gasteiger partial charge in [0.2, 0.25) is 5.52 Å². The van der Waals surface area contributed by atoms with Gasteiger partial charge in [-0.2, -0.15) is 0 Å². The highest BCUT2D eigenvalue weighted by atomic mass is 15.0. The summed E-state index contributed by atoms with van der Waals surface area (Å²) in [7, 11) is 2.18. The zero-order chi connectivity index (χ0) is 19.3. The summed E-state index contributed by atoms with van der Waals surface area (Å²) in [5.74, 6) is 0. The molecule has 0 unspecified atom stereocenters. The molecule has 6 rings (SSSR count). The van der Waals surface area contributed by atoms with E-state index in [9.17, 15) is 0 Å². The average molecular weight is 363 g/mol. The molecule has 28 heavy (non-hydrogen) atoms. The second-order valence-electron chi connectivity index (χ2n) is 8.36. The summed E-state index contributed by atoms with van der Waals surface area (Å²) in [6.07, 6.45) is 2.20. The Hall–Kier alpha value is -3.13. The molecule has 0 amide bonds. The molecule has 0 saturated carbocycles. The summed E-state index contributed by atoms with van der Waals surface area (Å²) in [4.78, 5) is 0. The number of hydrogen-bond acceptors (Lipinski definition) is 0. The van der Waals surface area contributed by atoms with Gasteiger partial charge in [0.15, 0.2) is 6.20 Å². The van der Waals surface area contributed by atoms with E-state index in [1.807, 2.05) is 0 Å². The summed E-state index contributed by atoms with van der Waals surface area (Å²) in [5, 5.41) is 6.80. The lowest BCUT2D eigenvalue weighted by Gasteiger charge is -2.16. The fraction of sp³-hybridized carbons (Fsp3) is 0.192. The molecular weight excluding hydrogens is 340 g/mol. The summed E-state index contributed by atoms with van der Waals surface area (Å²) in [6.45, 7) is 8.99. The normalized spacial score (nSPS) is 12.5. The van der Waals surface area contributed by atoms with Crippen LogP contribution in [0.5, 0.6) is 0 Å². The Morgan fingerprint density at radius 3 is 2.39 bits per heavy atom.